The van der Waals surface area contributed by atoms with Crippen LogP contribution in [0.5, 0.6) is 0 Å². The molecular formula is C12H25NO3S. The molecule has 0 saturated carbocycles. The molecule has 0 aromatic rings. The maximum atomic E-state index is 11.0. The molecule has 4 nitrogen and oxygen atoms in total. The number of carboxylic acids is 1. The smallest absolute Gasteiger partial charge is 0.323 e. The Morgan fingerprint density at radius 2 is 2.00 bits per heavy atom. The van der Waals surface area contributed by atoms with Gasteiger partial charge in [0.2, 0.25) is 0 Å². The van der Waals surface area contributed by atoms with Gasteiger partial charge in [-0.25, -0.2) is 0 Å². The van der Waals surface area contributed by atoms with Crippen LogP contribution in [0.2, 0.25) is 0 Å². The number of likely N-dealkylation sites (N-methyl/N-ethyl adjacent to an activating group) is 1. The van der Waals surface area contributed by atoms with E-state index in [1.807, 2.05) is 11.8 Å². The van der Waals surface area contributed by atoms with Crippen molar-refractivity contribution < 1.29 is 14.6 Å². The van der Waals surface area contributed by atoms with E-state index < -0.39 is 11.5 Å². The van der Waals surface area contributed by atoms with Gasteiger partial charge in [0.25, 0.3) is 0 Å². The fraction of sp³-hybridized carbons (Fsp3) is 0.917. The van der Waals surface area contributed by atoms with Crippen molar-refractivity contribution in [3.63, 3.8) is 0 Å². The van der Waals surface area contributed by atoms with Crippen LogP contribution in [0.1, 0.15) is 32.6 Å². The van der Waals surface area contributed by atoms with Crippen LogP contribution in [0.15, 0.2) is 0 Å². The minimum atomic E-state index is -0.777. The molecule has 102 valence electrons. The van der Waals surface area contributed by atoms with E-state index in [9.17, 15) is 4.79 Å². The van der Waals surface area contributed by atoms with Crippen molar-refractivity contribution >= 4 is 17.7 Å². The Hall–Kier alpha value is -0.260. The van der Waals surface area contributed by atoms with Gasteiger partial charge in [-0.05, 0) is 44.7 Å². The number of rotatable bonds is 11. The second-order valence-electron chi connectivity index (χ2n) is 4.30. The highest BCUT2D eigenvalue weighted by Gasteiger charge is 2.29. The third-order valence-electron chi connectivity index (χ3n) is 2.88. The molecule has 1 unspecified atom stereocenters. The zero-order chi connectivity index (χ0) is 13.1. The number of hydrogen-bond acceptors (Lipinski definition) is 4. The first kappa shape index (κ1) is 16.7. The summed E-state index contributed by atoms with van der Waals surface area (Å²) in [7, 11) is 3.42. The van der Waals surface area contributed by atoms with Gasteiger partial charge in [0.15, 0.2) is 0 Å². The van der Waals surface area contributed by atoms with E-state index in [2.05, 4.69) is 5.32 Å². The Labute approximate surface area is 108 Å². The van der Waals surface area contributed by atoms with E-state index in [0.717, 1.165) is 37.4 Å². The quantitative estimate of drug-likeness (QED) is 0.558. The lowest BCUT2D eigenvalue weighted by molar-refractivity contribution is -0.144. The third-order valence-corrected chi connectivity index (χ3v) is 4.03. The van der Waals surface area contributed by atoms with Crippen molar-refractivity contribution in [2.45, 2.75) is 38.1 Å². The lowest BCUT2D eigenvalue weighted by Crippen LogP contribution is -2.47. The van der Waals surface area contributed by atoms with E-state index in [-0.39, 0.29) is 0 Å². The highest BCUT2D eigenvalue weighted by atomic mass is 32.2. The summed E-state index contributed by atoms with van der Waals surface area (Å²) < 4.78 is 4.97. The summed E-state index contributed by atoms with van der Waals surface area (Å²) in [6.45, 7) is 2.56. The van der Waals surface area contributed by atoms with E-state index in [1.165, 1.54) is 0 Å². The third kappa shape index (κ3) is 7.63. The SMILES string of the molecule is CNC(C)(CCCCSCCCOC)C(=O)O. The maximum Gasteiger partial charge on any atom is 0.323 e. The average Bonchev–Trinajstić information content (AvgIpc) is 2.32. The molecule has 0 fully saturated rings. The predicted octanol–water partition coefficient (Wildman–Crippen LogP) is 1.99. The number of methoxy groups -OCH3 is 1. The first-order chi connectivity index (χ1) is 8.06. The van der Waals surface area contributed by atoms with Gasteiger partial charge in [-0.3, -0.25) is 4.79 Å². The van der Waals surface area contributed by atoms with E-state index >= 15 is 0 Å². The highest BCUT2D eigenvalue weighted by Crippen LogP contribution is 2.15. The summed E-state index contributed by atoms with van der Waals surface area (Å²) in [6, 6.07) is 0. The minimum absolute atomic E-state index is 0.678. The van der Waals surface area contributed by atoms with Crippen LogP contribution in [-0.4, -0.2) is 48.9 Å². The summed E-state index contributed by atoms with van der Waals surface area (Å²) in [4.78, 5) is 11.0. The predicted molar refractivity (Wildman–Crippen MR) is 72.8 cm³/mol. The first-order valence-electron chi connectivity index (χ1n) is 6.06. The summed E-state index contributed by atoms with van der Waals surface area (Å²) in [5, 5.41) is 11.9. The average molecular weight is 263 g/mol. The van der Waals surface area contributed by atoms with Crippen LogP contribution in [0.25, 0.3) is 0 Å². The minimum Gasteiger partial charge on any atom is -0.480 e. The van der Waals surface area contributed by atoms with E-state index in [4.69, 9.17) is 9.84 Å². The molecule has 1 atom stereocenters. The van der Waals surface area contributed by atoms with Crippen molar-refractivity contribution in [2.24, 2.45) is 0 Å². The summed E-state index contributed by atoms with van der Waals surface area (Å²) in [5.41, 5.74) is -0.777. The van der Waals surface area contributed by atoms with Gasteiger partial charge in [0.05, 0.1) is 0 Å². The lowest BCUT2D eigenvalue weighted by Gasteiger charge is -2.23. The van der Waals surface area contributed by atoms with Gasteiger partial charge >= 0.3 is 5.97 Å². The lowest BCUT2D eigenvalue weighted by atomic mass is 9.95. The maximum absolute atomic E-state index is 11.0. The zero-order valence-electron chi connectivity index (χ0n) is 11.1. The fourth-order valence-corrected chi connectivity index (χ4v) is 2.36. The van der Waals surface area contributed by atoms with Crippen LogP contribution < -0.4 is 5.32 Å². The summed E-state index contributed by atoms with van der Waals surface area (Å²) in [5.74, 6) is 1.45. The zero-order valence-corrected chi connectivity index (χ0v) is 11.9. The number of thioether (sulfide) groups is 1. The van der Waals surface area contributed by atoms with Gasteiger partial charge in [-0.2, -0.15) is 11.8 Å². The molecule has 0 aliphatic heterocycles. The van der Waals surface area contributed by atoms with Crippen molar-refractivity contribution in [3.8, 4) is 0 Å². The van der Waals surface area contributed by atoms with Crippen LogP contribution in [-0.2, 0) is 9.53 Å². The van der Waals surface area contributed by atoms with Gasteiger partial charge in [-0.1, -0.05) is 6.42 Å². The summed E-state index contributed by atoms with van der Waals surface area (Å²) >= 11 is 1.91. The highest BCUT2D eigenvalue weighted by molar-refractivity contribution is 7.99. The largest absolute Gasteiger partial charge is 0.480 e. The Bertz CT molecular complexity index is 214. The molecule has 0 rings (SSSR count). The van der Waals surface area contributed by atoms with Gasteiger partial charge in [-0.15, -0.1) is 0 Å². The summed E-state index contributed by atoms with van der Waals surface area (Å²) in [6.07, 6.45) is 3.78. The molecule has 0 spiro atoms. The molecule has 0 amide bonds. The van der Waals surface area contributed by atoms with Crippen molar-refractivity contribution in [2.75, 3.05) is 32.3 Å². The number of ether oxygens (including phenoxy) is 1. The normalized spacial score (nSPS) is 14.5. The second-order valence-corrected chi connectivity index (χ2v) is 5.53. The van der Waals surface area contributed by atoms with Gasteiger partial charge in [0.1, 0.15) is 5.54 Å². The van der Waals surface area contributed by atoms with Crippen molar-refractivity contribution in [3.05, 3.63) is 0 Å². The molecule has 0 aromatic heterocycles. The molecule has 0 aromatic carbocycles. The number of carbonyl (C=O) groups is 1. The Balaban J connectivity index is 3.47. The second kappa shape index (κ2) is 9.74. The molecule has 17 heavy (non-hydrogen) atoms. The number of carboxylic acid groups (broad SMARTS) is 1. The number of unbranched alkanes of at least 4 members (excludes halogenated alkanes) is 1. The molecule has 2 N–H and O–H groups in total. The van der Waals surface area contributed by atoms with Gasteiger partial charge < -0.3 is 15.2 Å². The Morgan fingerprint density at radius 1 is 1.35 bits per heavy atom. The van der Waals surface area contributed by atoms with E-state index in [1.54, 1.807) is 21.1 Å². The number of aliphatic carboxylic acids is 1. The van der Waals surface area contributed by atoms with Crippen molar-refractivity contribution in [1.82, 2.24) is 5.32 Å². The monoisotopic (exact) mass is 263 g/mol. The number of hydrogen-bond donors (Lipinski definition) is 2. The molecule has 0 bridgehead atoms. The molecular weight excluding hydrogens is 238 g/mol. The topological polar surface area (TPSA) is 58.6 Å². The van der Waals surface area contributed by atoms with Crippen LogP contribution in [0, 0.1) is 0 Å². The van der Waals surface area contributed by atoms with E-state index in [0.29, 0.717) is 6.42 Å². The number of nitrogens with one attached hydrogen (secondary N) is 1. The van der Waals surface area contributed by atoms with Gasteiger partial charge in [0, 0.05) is 13.7 Å². The van der Waals surface area contributed by atoms with Crippen LogP contribution in [0.4, 0.5) is 0 Å². The Morgan fingerprint density at radius 3 is 2.53 bits per heavy atom. The fourth-order valence-electron chi connectivity index (χ4n) is 1.43. The molecule has 0 heterocycles. The Kier molecular flexibility index (Phi) is 9.59. The first-order valence-corrected chi connectivity index (χ1v) is 7.21. The standard InChI is InChI=1S/C12H25NO3S/c1-12(13-2,11(14)15)7-4-5-9-17-10-6-8-16-3/h13H,4-10H2,1-3H3,(H,14,15). The van der Waals surface area contributed by atoms with Crippen molar-refractivity contribution in [1.29, 1.82) is 0 Å². The van der Waals surface area contributed by atoms with Crippen LogP contribution in [0.3, 0.4) is 0 Å². The molecule has 0 saturated heterocycles. The van der Waals surface area contributed by atoms with Crippen LogP contribution >= 0.6 is 11.8 Å². The molecule has 0 radical (unpaired) electrons. The molecule has 0 aliphatic rings. The molecule has 5 heteroatoms. The molecule has 0 aliphatic carbocycles.